The van der Waals surface area contributed by atoms with E-state index in [9.17, 15) is 9.59 Å². The van der Waals surface area contributed by atoms with Gasteiger partial charge in [0.2, 0.25) is 0 Å². The predicted octanol–water partition coefficient (Wildman–Crippen LogP) is -0.805. The number of nitrogens with two attached hydrogens (primary N) is 1. The minimum Gasteiger partial charge on any atom is -0.427 e. The fourth-order valence-electron chi connectivity index (χ4n) is 4.39. The molecule has 2 aliphatic heterocycles. The first-order chi connectivity index (χ1) is 12.7. The third-order valence-corrected chi connectivity index (χ3v) is 6.19. The summed E-state index contributed by atoms with van der Waals surface area (Å²) in [6, 6.07) is 0.219. The first kappa shape index (κ1) is 20.3. The van der Waals surface area contributed by atoms with Crippen molar-refractivity contribution in [3.8, 4) is 0 Å². The molecule has 0 aromatic heterocycles. The molecule has 3 rings (SSSR count). The summed E-state index contributed by atoms with van der Waals surface area (Å²) in [7, 11) is 0.784. The van der Waals surface area contributed by atoms with Gasteiger partial charge in [-0.3, -0.25) is 9.59 Å². The van der Waals surface area contributed by atoms with Gasteiger partial charge in [0.1, 0.15) is 11.4 Å². The Balaban J connectivity index is 1.67. The van der Waals surface area contributed by atoms with Crippen LogP contribution in [-0.4, -0.2) is 66.9 Å². The van der Waals surface area contributed by atoms with Gasteiger partial charge >= 0.3 is 7.12 Å². The average molecular weight is 378 g/mol. The summed E-state index contributed by atoms with van der Waals surface area (Å²) in [5, 5.41) is 21.4. The van der Waals surface area contributed by atoms with Crippen molar-refractivity contribution in [2.45, 2.75) is 50.5 Å². The second-order valence-electron chi connectivity index (χ2n) is 8.60. The monoisotopic (exact) mass is 378 g/mol. The van der Waals surface area contributed by atoms with Crippen LogP contribution in [0.25, 0.3) is 0 Å². The number of anilines is 2. The third-order valence-electron chi connectivity index (χ3n) is 6.19. The molecule has 0 radical (unpaired) electrons. The summed E-state index contributed by atoms with van der Waals surface area (Å²) in [6.07, 6.45) is 3.64. The van der Waals surface area contributed by atoms with Crippen LogP contribution in [0.5, 0.6) is 0 Å². The second kappa shape index (κ2) is 7.91. The zero-order valence-electron chi connectivity index (χ0n) is 16.3. The smallest absolute Gasteiger partial charge is 0.427 e. The Hall–Kier alpha value is -1.42. The van der Waals surface area contributed by atoms with Gasteiger partial charge in [-0.25, -0.2) is 0 Å². The molecule has 0 amide bonds. The van der Waals surface area contributed by atoms with Gasteiger partial charge in [-0.05, 0) is 58.6 Å². The largest absolute Gasteiger partial charge is 0.451 e. The van der Waals surface area contributed by atoms with Gasteiger partial charge in [-0.1, -0.05) is 6.42 Å². The summed E-state index contributed by atoms with van der Waals surface area (Å²) < 4.78 is 0. The summed E-state index contributed by atoms with van der Waals surface area (Å²) in [4.78, 5) is 28.6. The highest BCUT2D eigenvalue weighted by Gasteiger charge is 2.42. The first-order valence-corrected chi connectivity index (χ1v) is 9.87. The van der Waals surface area contributed by atoms with Crippen molar-refractivity contribution in [1.82, 2.24) is 4.90 Å². The van der Waals surface area contributed by atoms with Crippen LogP contribution in [0, 0.1) is 5.92 Å². The highest BCUT2D eigenvalue weighted by molar-refractivity contribution is 6.40. The van der Waals surface area contributed by atoms with Crippen molar-refractivity contribution < 1.29 is 10.0 Å². The van der Waals surface area contributed by atoms with E-state index in [1.54, 1.807) is 0 Å². The topological polar surface area (TPSA) is 119 Å². The minimum absolute atomic E-state index is 0.136. The first-order valence-electron chi connectivity index (χ1n) is 9.87. The molecule has 0 bridgehead atoms. The molecule has 2 aliphatic rings. The standard InChI is InChI=1S/C18H31BN4O4/c1-18(20)11-23(10-12(18)4-3-7-19(26)27)15-14(16(24)17(15)25)21-13-5-8-22(2)9-6-13/h12-13,21,26-27H,3-11,20H2,1-2H3/t12-,18-/m0/s1. The molecule has 0 spiro atoms. The van der Waals surface area contributed by atoms with Crippen LogP contribution in [0.2, 0.25) is 6.32 Å². The van der Waals surface area contributed by atoms with Gasteiger partial charge in [0.25, 0.3) is 10.9 Å². The number of hydrogen-bond donors (Lipinski definition) is 4. The lowest BCUT2D eigenvalue weighted by atomic mass is 9.79. The van der Waals surface area contributed by atoms with E-state index < -0.39 is 23.5 Å². The number of piperidine rings is 1. The maximum atomic E-state index is 12.3. The van der Waals surface area contributed by atoms with Crippen LogP contribution in [0.1, 0.15) is 32.6 Å². The van der Waals surface area contributed by atoms with Gasteiger partial charge in [-0.2, -0.15) is 0 Å². The molecular weight excluding hydrogens is 347 g/mol. The van der Waals surface area contributed by atoms with E-state index in [0.29, 0.717) is 37.2 Å². The number of nitrogens with zero attached hydrogens (tertiary/aromatic N) is 2. The Labute approximate surface area is 160 Å². The Morgan fingerprint density at radius 2 is 1.93 bits per heavy atom. The van der Waals surface area contributed by atoms with E-state index in [0.717, 1.165) is 32.4 Å². The molecule has 2 heterocycles. The quantitative estimate of drug-likeness (QED) is 0.360. The Morgan fingerprint density at radius 3 is 2.56 bits per heavy atom. The van der Waals surface area contributed by atoms with Crippen molar-refractivity contribution in [2.24, 2.45) is 11.7 Å². The molecule has 9 heteroatoms. The van der Waals surface area contributed by atoms with Crippen molar-refractivity contribution in [2.75, 3.05) is 43.4 Å². The van der Waals surface area contributed by atoms with Crippen molar-refractivity contribution in [1.29, 1.82) is 0 Å². The fraction of sp³-hybridized carbons (Fsp3) is 0.778. The van der Waals surface area contributed by atoms with Crippen LogP contribution >= 0.6 is 0 Å². The highest BCUT2D eigenvalue weighted by atomic mass is 16.4. The lowest BCUT2D eigenvalue weighted by molar-refractivity contribution is 0.264. The normalized spacial score (nSPS) is 27.4. The van der Waals surface area contributed by atoms with E-state index in [2.05, 4.69) is 17.3 Å². The molecule has 1 aromatic carbocycles. The van der Waals surface area contributed by atoms with Crippen LogP contribution in [0.15, 0.2) is 9.59 Å². The molecular formula is C18H31BN4O4. The molecule has 2 atom stereocenters. The van der Waals surface area contributed by atoms with Crippen LogP contribution in [0.4, 0.5) is 11.4 Å². The Kier molecular flexibility index (Phi) is 5.95. The van der Waals surface area contributed by atoms with Gasteiger partial charge < -0.3 is 30.9 Å². The summed E-state index contributed by atoms with van der Waals surface area (Å²) >= 11 is 0. The molecule has 0 saturated carbocycles. The molecule has 0 aliphatic carbocycles. The molecule has 2 fully saturated rings. The molecule has 27 heavy (non-hydrogen) atoms. The third kappa shape index (κ3) is 4.37. The number of nitrogens with one attached hydrogen (secondary N) is 1. The molecule has 8 nitrogen and oxygen atoms in total. The Morgan fingerprint density at radius 1 is 1.26 bits per heavy atom. The molecule has 1 aromatic rings. The van der Waals surface area contributed by atoms with E-state index in [-0.39, 0.29) is 12.0 Å². The summed E-state index contributed by atoms with van der Waals surface area (Å²) in [6.45, 7) is 5.05. The zero-order valence-corrected chi connectivity index (χ0v) is 16.3. The molecule has 0 unspecified atom stereocenters. The van der Waals surface area contributed by atoms with E-state index in [1.165, 1.54) is 0 Å². The lowest BCUT2D eigenvalue weighted by Gasteiger charge is -2.32. The van der Waals surface area contributed by atoms with E-state index in [4.69, 9.17) is 15.8 Å². The summed E-state index contributed by atoms with van der Waals surface area (Å²) in [5.41, 5.74) is 6.07. The fourth-order valence-corrected chi connectivity index (χ4v) is 4.39. The lowest BCUT2D eigenvalue weighted by Crippen LogP contribution is -2.47. The van der Waals surface area contributed by atoms with Gasteiger partial charge in [-0.15, -0.1) is 0 Å². The molecule has 2 saturated heterocycles. The SMILES string of the molecule is CN1CCC(Nc2c(N3C[C@H](CCCB(O)O)[C@@](C)(N)C3)c(=O)c2=O)CC1. The van der Waals surface area contributed by atoms with Crippen molar-refractivity contribution >= 4 is 18.5 Å². The van der Waals surface area contributed by atoms with E-state index >= 15 is 0 Å². The van der Waals surface area contributed by atoms with Crippen LogP contribution in [0.3, 0.4) is 0 Å². The van der Waals surface area contributed by atoms with Crippen molar-refractivity contribution in [3.63, 3.8) is 0 Å². The maximum Gasteiger partial charge on any atom is 0.451 e. The van der Waals surface area contributed by atoms with Gasteiger partial charge in [0.05, 0.1) is 0 Å². The average Bonchev–Trinajstić information content (AvgIpc) is 2.89. The predicted molar refractivity (Wildman–Crippen MR) is 108 cm³/mol. The van der Waals surface area contributed by atoms with Crippen LogP contribution in [-0.2, 0) is 0 Å². The number of likely N-dealkylation sites (tertiary alicyclic amines) is 1. The van der Waals surface area contributed by atoms with E-state index in [1.807, 2.05) is 11.8 Å². The zero-order chi connectivity index (χ0) is 19.8. The van der Waals surface area contributed by atoms with Crippen molar-refractivity contribution in [3.05, 3.63) is 20.4 Å². The molecule has 150 valence electrons. The maximum absolute atomic E-state index is 12.3. The highest BCUT2D eigenvalue weighted by Crippen LogP contribution is 2.35. The summed E-state index contributed by atoms with van der Waals surface area (Å²) in [5.74, 6) is 0.136. The van der Waals surface area contributed by atoms with Gasteiger partial charge in [0, 0.05) is 24.7 Å². The number of hydrogen-bond acceptors (Lipinski definition) is 8. The van der Waals surface area contributed by atoms with Gasteiger partial charge in [0.15, 0.2) is 0 Å². The minimum atomic E-state index is -1.30. The number of rotatable bonds is 7. The molecule has 5 N–H and O–H groups in total. The Bertz CT molecular complexity index is 723. The van der Waals surface area contributed by atoms with Crippen LogP contribution < -0.4 is 26.8 Å². The second-order valence-corrected chi connectivity index (χ2v) is 8.60.